The Morgan fingerprint density at radius 2 is 1.73 bits per heavy atom. The highest BCUT2D eigenvalue weighted by molar-refractivity contribution is 6.33. The van der Waals surface area contributed by atoms with E-state index in [0.29, 0.717) is 16.4 Å². The summed E-state index contributed by atoms with van der Waals surface area (Å²) in [6, 6.07) is 7.65. The molecule has 0 saturated heterocycles. The number of ether oxygens (including phenoxy) is 1. The summed E-state index contributed by atoms with van der Waals surface area (Å²) in [6.07, 6.45) is 18.7. The SMILES string of the molecule is CC(C)CCC[C@@H](C)[C@H]1CCC2C3CC=C4CC(Oc5ccc(C6=CC(=O)NC6=O)cc5)CC[C@]4(C)C3CC[C@@]21C. The van der Waals surface area contributed by atoms with Gasteiger partial charge in [0.1, 0.15) is 11.9 Å². The number of hydrogen-bond acceptors (Lipinski definition) is 3. The number of nitrogens with one attached hydrogen (secondary N) is 1. The molecule has 5 aliphatic rings. The van der Waals surface area contributed by atoms with Gasteiger partial charge in [0.15, 0.2) is 0 Å². The number of carbonyl (C=O) groups is 2. The van der Waals surface area contributed by atoms with E-state index in [9.17, 15) is 9.59 Å². The third-order valence-corrected chi connectivity index (χ3v) is 12.5. The maximum atomic E-state index is 12.0. The molecular weight excluding hydrogens is 506 g/mol. The Bertz CT molecular complexity index is 1230. The van der Waals surface area contributed by atoms with Crippen LogP contribution in [0.15, 0.2) is 42.0 Å². The van der Waals surface area contributed by atoms with E-state index in [1.165, 1.54) is 63.9 Å². The number of amides is 2. The lowest BCUT2D eigenvalue weighted by molar-refractivity contribution is -0.123. The van der Waals surface area contributed by atoms with Crippen molar-refractivity contribution in [2.24, 2.45) is 46.3 Å². The van der Waals surface area contributed by atoms with Crippen LogP contribution in [0.3, 0.4) is 0 Å². The Morgan fingerprint density at radius 1 is 0.951 bits per heavy atom. The lowest BCUT2D eigenvalue weighted by Gasteiger charge is -2.58. The second-order valence-corrected chi connectivity index (χ2v) is 15.2. The number of carbonyl (C=O) groups excluding carboxylic acids is 2. The van der Waals surface area contributed by atoms with Crippen molar-refractivity contribution in [3.05, 3.63) is 47.6 Å². The summed E-state index contributed by atoms with van der Waals surface area (Å²) >= 11 is 0. The van der Waals surface area contributed by atoms with E-state index in [4.69, 9.17) is 4.74 Å². The van der Waals surface area contributed by atoms with Gasteiger partial charge in [0.2, 0.25) is 0 Å². The smallest absolute Gasteiger partial charge is 0.258 e. The quantitative estimate of drug-likeness (QED) is 0.257. The summed E-state index contributed by atoms with van der Waals surface area (Å²) in [4.78, 5) is 23.5. The third-order valence-electron chi connectivity index (χ3n) is 12.5. The normalized spacial score (nSPS) is 37.1. The molecule has 1 N–H and O–H groups in total. The maximum Gasteiger partial charge on any atom is 0.258 e. The second-order valence-electron chi connectivity index (χ2n) is 15.2. The van der Waals surface area contributed by atoms with Crippen LogP contribution < -0.4 is 10.1 Å². The molecule has 1 aromatic rings. The van der Waals surface area contributed by atoms with E-state index in [1.807, 2.05) is 24.3 Å². The molecule has 8 atom stereocenters. The van der Waals surface area contributed by atoms with Crippen LogP contribution in [-0.4, -0.2) is 17.9 Å². The fourth-order valence-electron chi connectivity index (χ4n) is 10.3. The molecule has 41 heavy (non-hydrogen) atoms. The van der Waals surface area contributed by atoms with Crippen LogP contribution in [0.4, 0.5) is 0 Å². The molecule has 2 amide bonds. The van der Waals surface area contributed by atoms with Crippen LogP contribution in [-0.2, 0) is 9.59 Å². The number of imide groups is 1. The fraction of sp³-hybridized carbons (Fsp3) is 0.676. The first kappa shape index (κ1) is 28.7. The van der Waals surface area contributed by atoms with Gasteiger partial charge in [0.25, 0.3) is 11.8 Å². The Morgan fingerprint density at radius 3 is 2.44 bits per heavy atom. The zero-order valence-corrected chi connectivity index (χ0v) is 26.0. The van der Waals surface area contributed by atoms with E-state index < -0.39 is 0 Å². The molecule has 1 heterocycles. The van der Waals surface area contributed by atoms with E-state index in [-0.39, 0.29) is 17.9 Å². The zero-order chi connectivity index (χ0) is 28.9. The molecule has 1 aliphatic heterocycles. The molecule has 222 valence electrons. The standard InChI is InChI=1S/C37H51NO3/c1-23(2)7-6-8-24(3)31-15-16-32-29-14-11-26-21-28(17-19-36(26,4)33(29)18-20-37(31,32)5)41-27-12-9-25(10-13-27)30-22-34(39)38-35(30)40/h9-13,22-24,28-29,31-33H,6-8,14-21H2,1-5H3,(H,38,39,40)/t24-,28?,29?,31-,32?,33?,36+,37-/m1/s1. The van der Waals surface area contributed by atoms with Gasteiger partial charge in [-0.15, -0.1) is 0 Å². The Balaban J connectivity index is 1.10. The minimum Gasteiger partial charge on any atom is -0.490 e. The minimum atomic E-state index is -0.347. The van der Waals surface area contributed by atoms with Crippen LogP contribution in [0.5, 0.6) is 5.75 Å². The number of fused-ring (bicyclic) bond motifs is 5. The Labute approximate surface area is 247 Å². The van der Waals surface area contributed by atoms with Gasteiger partial charge in [-0.1, -0.05) is 77.7 Å². The van der Waals surface area contributed by atoms with Crippen LogP contribution in [0.2, 0.25) is 0 Å². The van der Waals surface area contributed by atoms with Crippen molar-refractivity contribution in [1.82, 2.24) is 5.32 Å². The fourth-order valence-corrected chi connectivity index (χ4v) is 10.3. The molecule has 0 radical (unpaired) electrons. The van der Waals surface area contributed by atoms with Gasteiger partial charge in [-0.2, -0.15) is 0 Å². The molecule has 4 aliphatic carbocycles. The predicted molar refractivity (Wildman–Crippen MR) is 165 cm³/mol. The summed E-state index contributed by atoms with van der Waals surface area (Å²) in [5.41, 5.74) is 3.69. The lowest BCUT2D eigenvalue weighted by atomic mass is 9.47. The molecule has 6 rings (SSSR count). The lowest BCUT2D eigenvalue weighted by Crippen LogP contribution is -2.51. The van der Waals surface area contributed by atoms with Crippen molar-refractivity contribution < 1.29 is 14.3 Å². The highest BCUT2D eigenvalue weighted by Gasteiger charge is 2.59. The first-order valence-electron chi connectivity index (χ1n) is 16.6. The average molecular weight is 558 g/mol. The molecule has 3 saturated carbocycles. The minimum absolute atomic E-state index is 0.198. The molecular formula is C37H51NO3. The monoisotopic (exact) mass is 557 g/mol. The van der Waals surface area contributed by atoms with Gasteiger partial charge in [-0.3, -0.25) is 14.9 Å². The summed E-state index contributed by atoms with van der Waals surface area (Å²) in [6.45, 7) is 12.6. The number of allylic oxidation sites excluding steroid dienone is 1. The molecule has 4 unspecified atom stereocenters. The third kappa shape index (κ3) is 5.23. The topological polar surface area (TPSA) is 55.4 Å². The van der Waals surface area contributed by atoms with E-state index in [1.54, 1.807) is 5.57 Å². The predicted octanol–water partition coefficient (Wildman–Crippen LogP) is 8.52. The highest BCUT2D eigenvalue weighted by atomic mass is 16.5. The molecule has 4 heteroatoms. The summed E-state index contributed by atoms with van der Waals surface area (Å²) in [7, 11) is 0. The number of rotatable bonds is 8. The van der Waals surface area contributed by atoms with Crippen LogP contribution in [0.1, 0.15) is 111 Å². The number of benzene rings is 1. The summed E-state index contributed by atoms with van der Waals surface area (Å²) in [5, 5.41) is 2.32. The average Bonchev–Trinajstić information content (AvgIpc) is 3.47. The van der Waals surface area contributed by atoms with E-state index in [0.717, 1.165) is 59.7 Å². The Hall–Kier alpha value is -2.36. The first-order chi connectivity index (χ1) is 19.6. The van der Waals surface area contributed by atoms with Gasteiger partial charge in [0.05, 0.1) is 5.57 Å². The molecule has 0 aromatic heterocycles. The van der Waals surface area contributed by atoms with Gasteiger partial charge in [-0.25, -0.2) is 0 Å². The van der Waals surface area contributed by atoms with Crippen LogP contribution >= 0.6 is 0 Å². The summed E-state index contributed by atoms with van der Waals surface area (Å²) < 4.78 is 6.50. The molecule has 0 spiro atoms. The van der Waals surface area contributed by atoms with Crippen LogP contribution in [0, 0.1) is 46.3 Å². The second kappa shape index (κ2) is 11.0. The first-order valence-corrected chi connectivity index (χ1v) is 16.6. The van der Waals surface area contributed by atoms with Gasteiger partial charge in [-0.05, 0) is 109 Å². The zero-order valence-electron chi connectivity index (χ0n) is 26.0. The largest absolute Gasteiger partial charge is 0.490 e. The van der Waals surface area contributed by atoms with Gasteiger partial charge < -0.3 is 4.74 Å². The van der Waals surface area contributed by atoms with Crippen molar-refractivity contribution in [3.63, 3.8) is 0 Å². The van der Waals surface area contributed by atoms with Crippen molar-refractivity contribution in [2.45, 2.75) is 111 Å². The maximum absolute atomic E-state index is 12.0. The summed E-state index contributed by atoms with van der Waals surface area (Å²) in [5.74, 6) is 5.34. The van der Waals surface area contributed by atoms with Gasteiger partial charge in [0, 0.05) is 12.5 Å². The number of hydrogen-bond donors (Lipinski definition) is 1. The van der Waals surface area contributed by atoms with Gasteiger partial charge >= 0.3 is 0 Å². The van der Waals surface area contributed by atoms with Crippen molar-refractivity contribution in [3.8, 4) is 5.75 Å². The van der Waals surface area contributed by atoms with Crippen LogP contribution in [0.25, 0.3) is 5.57 Å². The van der Waals surface area contributed by atoms with E-state index in [2.05, 4.69) is 46.0 Å². The van der Waals surface area contributed by atoms with E-state index >= 15 is 0 Å². The molecule has 0 bridgehead atoms. The molecule has 3 fully saturated rings. The highest BCUT2D eigenvalue weighted by Crippen LogP contribution is 2.67. The van der Waals surface area contributed by atoms with Crippen molar-refractivity contribution in [1.29, 1.82) is 0 Å². The van der Waals surface area contributed by atoms with Crippen molar-refractivity contribution >= 4 is 17.4 Å². The molecule has 1 aromatic carbocycles. The van der Waals surface area contributed by atoms with Crippen molar-refractivity contribution in [2.75, 3.05) is 0 Å². The molecule has 4 nitrogen and oxygen atoms in total. The Kier molecular flexibility index (Phi) is 7.74.